The number of hydrogen-bond acceptors (Lipinski definition) is 3. The average molecular weight is 184 g/mol. The van der Waals surface area contributed by atoms with E-state index in [1.807, 2.05) is 0 Å². The summed E-state index contributed by atoms with van der Waals surface area (Å²) in [5, 5.41) is 0. The highest BCUT2D eigenvalue weighted by Gasteiger charge is 2.21. The third-order valence-electron chi connectivity index (χ3n) is 2.34. The van der Waals surface area contributed by atoms with Crippen molar-refractivity contribution < 1.29 is 8.81 Å². The number of nitrogens with two attached hydrogens (primary N) is 1. The zero-order valence-electron chi connectivity index (χ0n) is 7.42. The van der Waals surface area contributed by atoms with E-state index in [0.29, 0.717) is 0 Å². The second-order valence-electron chi connectivity index (χ2n) is 3.33. The van der Waals surface area contributed by atoms with E-state index in [-0.39, 0.29) is 12.4 Å². The van der Waals surface area contributed by atoms with Crippen LogP contribution in [0.2, 0.25) is 0 Å². The number of hydrogen-bond donors (Lipinski definition) is 1. The first-order chi connectivity index (χ1) is 6.31. The van der Waals surface area contributed by atoms with E-state index in [4.69, 9.17) is 10.2 Å². The van der Waals surface area contributed by atoms with E-state index in [0.717, 1.165) is 37.1 Å². The van der Waals surface area contributed by atoms with Crippen molar-refractivity contribution in [3.63, 3.8) is 0 Å². The summed E-state index contributed by atoms with van der Waals surface area (Å²) in [5.74, 6) is 1.02. The molecule has 72 valence electrons. The van der Waals surface area contributed by atoms with E-state index in [1.165, 1.54) is 0 Å². The minimum atomic E-state index is -1.24. The third kappa shape index (κ3) is 1.58. The summed E-state index contributed by atoms with van der Waals surface area (Å²) in [5.41, 5.74) is 6.12. The summed E-state index contributed by atoms with van der Waals surface area (Å²) in [6.07, 6.45) is 2.79. The lowest BCUT2D eigenvalue weighted by Crippen LogP contribution is -2.07. The minimum absolute atomic E-state index is 0.0562. The minimum Gasteiger partial charge on any atom is -0.442 e. The Bertz CT molecular complexity index is 274. The standard InChI is InChI=1S/C9H13FN2O/c10-6(5-11)9-12-7-3-1-2-4-8(7)13-9/h6H,1-5,11H2. The molecule has 0 aromatic carbocycles. The van der Waals surface area contributed by atoms with Gasteiger partial charge >= 0.3 is 0 Å². The first-order valence-corrected chi connectivity index (χ1v) is 4.64. The Morgan fingerprint density at radius 2 is 2.23 bits per heavy atom. The summed E-state index contributed by atoms with van der Waals surface area (Å²) in [6.45, 7) is -0.0562. The molecule has 1 aromatic rings. The van der Waals surface area contributed by atoms with Crippen LogP contribution in [-0.2, 0) is 12.8 Å². The summed E-state index contributed by atoms with van der Waals surface area (Å²) < 4.78 is 18.4. The number of aryl methyl sites for hydroxylation is 2. The molecule has 1 aliphatic carbocycles. The maximum absolute atomic E-state index is 13.1. The third-order valence-corrected chi connectivity index (χ3v) is 2.34. The van der Waals surface area contributed by atoms with E-state index >= 15 is 0 Å². The van der Waals surface area contributed by atoms with Crippen LogP contribution in [0.4, 0.5) is 4.39 Å². The van der Waals surface area contributed by atoms with Gasteiger partial charge in [-0.2, -0.15) is 0 Å². The fourth-order valence-corrected chi connectivity index (χ4v) is 1.61. The van der Waals surface area contributed by atoms with Crippen molar-refractivity contribution in [1.82, 2.24) is 4.98 Å². The molecule has 1 aliphatic rings. The monoisotopic (exact) mass is 184 g/mol. The van der Waals surface area contributed by atoms with Crippen molar-refractivity contribution in [3.05, 3.63) is 17.3 Å². The van der Waals surface area contributed by atoms with Crippen LogP contribution in [0.15, 0.2) is 4.42 Å². The van der Waals surface area contributed by atoms with Crippen LogP contribution in [0.5, 0.6) is 0 Å². The largest absolute Gasteiger partial charge is 0.442 e. The summed E-state index contributed by atoms with van der Waals surface area (Å²) in [7, 11) is 0. The van der Waals surface area contributed by atoms with Gasteiger partial charge in [-0.25, -0.2) is 9.37 Å². The number of oxazole rings is 1. The molecular formula is C9H13FN2O. The van der Waals surface area contributed by atoms with Crippen LogP contribution in [0.1, 0.15) is 36.4 Å². The lowest BCUT2D eigenvalue weighted by molar-refractivity contribution is 0.276. The van der Waals surface area contributed by atoms with Crippen molar-refractivity contribution in [2.24, 2.45) is 5.73 Å². The number of fused-ring (bicyclic) bond motifs is 1. The quantitative estimate of drug-likeness (QED) is 0.758. The molecule has 0 saturated carbocycles. The van der Waals surface area contributed by atoms with E-state index in [1.54, 1.807) is 0 Å². The van der Waals surface area contributed by atoms with Crippen LogP contribution in [0.3, 0.4) is 0 Å². The summed E-state index contributed by atoms with van der Waals surface area (Å²) in [6, 6.07) is 0. The number of aromatic nitrogens is 1. The highest BCUT2D eigenvalue weighted by molar-refractivity contribution is 5.14. The van der Waals surface area contributed by atoms with Crippen LogP contribution in [0, 0.1) is 0 Å². The average Bonchev–Trinajstić information content (AvgIpc) is 2.59. The molecule has 1 aromatic heterocycles. The summed E-state index contributed by atoms with van der Waals surface area (Å²) in [4.78, 5) is 4.10. The maximum Gasteiger partial charge on any atom is 0.230 e. The van der Waals surface area contributed by atoms with E-state index in [9.17, 15) is 4.39 Å². The molecule has 3 nitrogen and oxygen atoms in total. The molecule has 0 fully saturated rings. The van der Waals surface area contributed by atoms with E-state index in [2.05, 4.69) is 4.98 Å². The van der Waals surface area contributed by atoms with Gasteiger partial charge in [-0.15, -0.1) is 0 Å². The Kier molecular flexibility index (Phi) is 2.31. The van der Waals surface area contributed by atoms with Crippen molar-refractivity contribution in [3.8, 4) is 0 Å². The van der Waals surface area contributed by atoms with Crippen LogP contribution < -0.4 is 5.73 Å². The molecule has 2 N–H and O–H groups in total. The molecular weight excluding hydrogens is 171 g/mol. The first kappa shape index (κ1) is 8.69. The molecule has 13 heavy (non-hydrogen) atoms. The lowest BCUT2D eigenvalue weighted by atomic mass is 10.0. The predicted octanol–water partition coefficient (Wildman–Crippen LogP) is 1.52. The van der Waals surface area contributed by atoms with Crippen LogP contribution in [-0.4, -0.2) is 11.5 Å². The molecule has 0 spiro atoms. The number of nitrogens with zero attached hydrogens (tertiary/aromatic N) is 1. The Labute approximate surface area is 76.1 Å². The second kappa shape index (κ2) is 3.46. The molecule has 0 saturated heterocycles. The Balaban J connectivity index is 2.25. The normalized spacial score (nSPS) is 18.3. The molecule has 2 rings (SSSR count). The van der Waals surface area contributed by atoms with Crippen molar-refractivity contribution >= 4 is 0 Å². The lowest BCUT2D eigenvalue weighted by Gasteiger charge is -2.05. The molecule has 4 heteroatoms. The highest BCUT2D eigenvalue weighted by Crippen LogP contribution is 2.25. The Morgan fingerprint density at radius 3 is 2.92 bits per heavy atom. The molecule has 1 atom stereocenters. The van der Waals surface area contributed by atoms with Crippen molar-refractivity contribution in [2.75, 3.05) is 6.54 Å². The fourth-order valence-electron chi connectivity index (χ4n) is 1.61. The zero-order chi connectivity index (χ0) is 9.26. The van der Waals surface area contributed by atoms with Gasteiger partial charge in [0.25, 0.3) is 0 Å². The SMILES string of the molecule is NCC(F)c1nc2c(o1)CCCC2. The van der Waals surface area contributed by atoms with Gasteiger partial charge in [-0.05, 0) is 19.3 Å². The van der Waals surface area contributed by atoms with Gasteiger partial charge in [-0.3, -0.25) is 0 Å². The van der Waals surface area contributed by atoms with Gasteiger partial charge in [0.1, 0.15) is 5.76 Å². The molecule has 0 bridgehead atoms. The Hall–Kier alpha value is -0.900. The summed E-state index contributed by atoms with van der Waals surface area (Å²) >= 11 is 0. The maximum atomic E-state index is 13.1. The smallest absolute Gasteiger partial charge is 0.230 e. The molecule has 1 unspecified atom stereocenters. The van der Waals surface area contributed by atoms with Crippen molar-refractivity contribution in [2.45, 2.75) is 31.9 Å². The zero-order valence-corrected chi connectivity index (χ0v) is 7.42. The second-order valence-corrected chi connectivity index (χ2v) is 3.33. The van der Waals surface area contributed by atoms with Gasteiger partial charge in [0.15, 0.2) is 6.17 Å². The number of alkyl halides is 1. The molecule has 1 heterocycles. The number of rotatable bonds is 2. The van der Waals surface area contributed by atoms with Gasteiger partial charge < -0.3 is 10.2 Å². The van der Waals surface area contributed by atoms with Crippen LogP contribution in [0.25, 0.3) is 0 Å². The number of halogens is 1. The molecule has 0 radical (unpaired) electrons. The molecule has 0 amide bonds. The Morgan fingerprint density at radius 1 is 1.46 bits per heavy atom. The topological polar surface area (TPSA) is 52.0 Å². The fraction of sp³-hybridized carbons (Fsp3) is 0.667. The van der Waals surface area contributed by atoms with E-state index < -0.39 is 6.17 Å². The van der Waals surface area contributed by atoms with Crippen molar-refractivity contribution in [1.29, 1.82) is 0 Å². The predicted molar refractivity (Wildman–Crippen MR) is 46.0 cm³/mol. The highest BCUT2D eigenvalue weighted by atomic mass is 19.1. The van der Waals surface area contributed by atoms with Crippen LogP contribution >= 0.6 is 0 Å². The van der Waals surface area contributed by atoms with Gasteiger partial charge in [0, 0.05) is 13.0 Å². The first-order valence-electron chi connectivity index (χ1n) is 4.64. The molecule has 0 aliphatic heterocycles. The van der Waals surface area contributed by atoms with Gasteiger partial charge in [0.05, 0.1) is 5.69 Å². The van der Waals surface area contributed by atoms with Gasteiger partial charge in [0.2, 0.25) is 5.89 Å². The van der Waals surface area contributed by atoms with Gasteiger partial charge in [-0.1, -0.05) is 0 Å².